The Labute approximate surface area is 93.9 Å². The predicted octanol–water partition coefficient (Wildman–Crippen LogP) is 0.956. The fourth-order valence-corrected chi connectivity index (χ4v) is 2.19. The van der Waals surface area contributed by atoms with E-state index in [1.165, 1.54) is 6.07 Å². The van der Waals surface area contributed by atoms with E-state index < -0.39 is 11.6 Å². The van der Waals surface area contributed by atoms with E-state index in [0.717, 1.165) is 13.0 Å². The molecule has 4 nitrogen and oxygen atoms in total. The number of aliphatic hydroxyl groups is 1. The SMILES string of the molecule is O=C(O)c1ccccc1C1(O)CCCNC1. The summed E-state index contributed by atoms with van der Waals surface area (Å²) < 4.78 is 0. The molecule has 1 unspecified atom stereocenters. The average Bonchev–Trinajstić information content (AvgIpc) is 2.30. The average molecular weight is 221 g/mol. The Morgan fingerprint density at radius 3 is 2.75 bits per heavy atom. The number of benzene rings is 1. The molecule has 1 aromatic rings. The lowest BCUT2D eigenvalue weighted by Crippen LogP contribution is -2.44. The molecule has 3 N–H and O–H groups in total. The molecule has 86 valence electrons. The van der Waals surface area contributed by atoms with Gasteiger partial charge in [0.2, 0.25) is 0 Å². The highest BCUT2D eigenvalue weighted by atomic mass is 16.4. The van der Waals surface area contributed by atoms with Crippen LogP contribution in [0.3, 0.4) is 0 Å². The Morgan fingerprint density at radius 1 is 1.38 bits per heavy atom. The molecular formula is C12H15NO3. The minimum Gasteiger partial charge on any atom is -0.478 e. The van der Waals surface area contributed by atoms with Crippen LogP contribution in [-0.2, 0) is 5.60 Å². The Hall–Kier alpha value is -1.39. The molecule has 1 atom stereocenters. The lowest BCUT2D eigenvalue weighted by atomic mass is 9.84. The van der Waals surface area contributed by atoms with Crippen molar-refractivity contribution >= 4 is 5.97 Å². The van der Waals surface area contributed by atoms with Crippen LogP contribution in [0.2, 0.25) is 0 Å². The molecule has 1 saturated heterocycles. The summed E-state index contributed by atoms with van der Waals surface area (Å²) in [7, 11) is 0. The highest BCUT2D eigenvalue weighted by Crippen LogP contribution is 2.30. The minimum atomic E-state index is -1.05. The third-order valence-corrected chi connectivity index (χ3v) is 3.02. The molecule has 0 bridgehead atoms. The van der Waals surface area contributed by atoms with Crippen LogP contribution < -0.4 is 5.32 Å². The first-order valence-corrected chi connectivity index (χ1v) is 5.39. The van der Waals surface area contributed by atoms with E-state index in [1.54, 1.807) is 18.2 Å². The molecular weight excluding hydrogens is 206 g/mol. The van der Waals surface area contributed by atoms with Gasteiger partial charge in [-0.2, -0.15) is 0 Å². The van der Waals surface area contributed by atoms with Crippen LogP contribution >= 0.6 is 0 Å². The summed E-state index contributed by atoms with van der Waals surface area (Å²) in [5.41, 5.74) is -0.351. The zero-order valence-corrected chi connectivity index (χ0v) is 8.94. The van der Waals surface area contributed by atoms with Gasteiger partial charge in [-0.25, -0.2) is 4.79 Å². The first-order valence-electron chi connectivity index (χ1n) is 5.39. The van der Waals surface area contributed by atoms with Crippen LogP contribution in [-0.4, -0.2) is 29.3 Å². The number of aromatic carboxylic acids is 1. The van der Waals surface area contributed by atoms with Crippen LogP contribution in [0.25, 0.3) is 0 Å². The molecule has 2 rings (SSSR count). The highest BCUT2D eigenvalue weighted by Gasteiger charge is 2.34. The number of carboxylic acids is 1. The number of β-amino-alcohol motifs (C(OH)–C–C–N with tert-alkyl or cyclic N) is 1. The summed E-state index contributed by atoms with van der Waals surface area (Å²) in [6.45, 7) is 1.29. The van der Waals surface area contributed by atoms with Crippen LogP contribution in [0, 0.1) is 0 Å². The molecule has 1 aliphatic heterocycles. The molecule has 1 fully saturated rings. The lowest BCUT2D eigenvalue weighted by Gasteiger charge is -2.33. The number of rotatable bonds is 2. The zero-order valence-electron chi connectivity index (χ0n) is 8.94. The van der Waals surface area contributed by atoms with E-state index in [-0.39, 0.29) is 5.56 Å². The summed E-state index contributed by atoms with van der Waals surface area (Å²) in [6, 6.07) is 6.65. The monoisotopic (exact) mass is 221 g/mol. The van der Waals surface area contributed by atoms with Crippen LogP contribution in [0.15, 0.2) is 24.3 Å². The quantitative estimate of drug-likeness (QED) is 0.695. The third kappa shape index (κ3) is 1.94. The maximum absolute atomic E-state index is 11.1. The molecule has 0 saturated carbocycles. The smallest absolute Gasteiger partial charge is 0.336 e. The van der Waals surface area contributed by atoms with Gasteiger partial charge in [0, 0.05) is 6.54 Å². The normalized spacial score (nSPS) is 25.3. The van der Waals surface area contributed by atoms with Gasteiger partial charge < -0.3 is 15.5 Å². The fraction of sp³-hybridized carbons (Fsp3) is 0.417. The van der Waals surface area contributed by atoms with Gasteiger partial charge in [-0.3, -0.25) is 0 Å². The maximum Gasteiger partial charge on any atom is 0.336 e. The largest absolute Gasteiger partial charge is 0.478 e. The van der Waals surface area contributed by atoms with E-state index in [0.29, 0.717) is 18.5 Å². The molecule has 1 aliphatic rings. The van der Waals surface area contributed by atoms with Crippen molar-refractivity contribution in [3.05, 3.63) is 35.4 Å². The van der Waals surface area contributed by atoms with E-state index in [1.807, 2.05) is 0 Å². The zero-order chi connectivity index (χ0) is 11.6. The van der Waals surface area contributed by atoms with Crippen molar-refractivity contribution in [3.8, 4) is 0 Å². The highest BCUT2D eigenvalue weighted by molar-refractivity contribution is 5.89. The summed E-state index contributed by atoms with van der Waals surface area (Å²) >= 11 is 0. The number of piperidine rings is 1. The van der Waals surface area contributed by atoms with Gasteiger partial charge in [-0.1, -0.05) is 18.2 Å². The summed E-state index contributed by atoms with van der Waals surface area (Å²) in [6.07, 6.45) is 1.45. The predicted molar refractivity (Wildman–Crippen MR) is 59.4 cm³/mol. The van der Waals surface area contributed by atoms with Gasteiger partial charge >= 0.3 is 5.97 Å². The standard InChI is InChI=1S/C12H15NO3/c14-11(15)9-4-1-2-5-10(9)12(16)6-3-7-13-8-12/h1-2,4-5,13,16H,3,6-8H2,(H,14,15). The van der Waals surface area contributed by atoms with E-state index >= 15 is 0 Å². The number of carbonyl (C=O) groups is 1. The molecule has 0 spiro atoms. The Balaban J connectivity index is 2.42. The van der Waals surface area contributed by atoms with Gasteiger partial charge in [0.1, 0.15) is 5.60 Å². The van der Waals surface area contributed by atoms with Crippen molar-refractivity contribution in [3.63, 3.8) is 0 Å². The van der Waals surface area contributed by atoms with Crippen molar-refractivity contribution < 1.29 is 15.0 Å². The molecule has 0 aromatic heterocycles. The van der Waals surface area contributed by atoms with E-state index in [4.69, 9.17) is 5.11 Å². The number of hydrogen-bond acceptors (Lipinski definition) is 3. The number of carboxylic acid groups (broad SMARTS) is 1. The van der Waals surface area contributed by atoms with Crippen molar-refractivity contribution in [2.75, 3.05) is 13.1 Å². The molecule has 16 heavy (non-hydrogen) atoms. The van der Waals surface area contributed by atoms with Crippen LogP contribution in [0.1, 0.15) is 28.8 Å². The minimum absolute atomic E-state index is 0.189. The first kappa shape index (κ1) is 11.1. The summed E-state index contributed by atoms with van der Waals surface area (Å²) in [5.74, 6) is -0.991. The Morgan fingerprint density at radius 2 is 2.12 bits per heavy atom. The summed E-state index contributed by atoms with van der Waals surface area (Å²) in [4.78, 5) is 11.1. The lowest BCUT2D eigenvalue weighted by molar-refractivity contribution is 0.0107. The molecule has 4 heteroatoms. The van der Waals surface area contributed by atoms with Gasteiger partial charge in [0.25, 0.3) is 0 Å². The molecule has 1 heterocycles. The maximum atomic E-state index is 11.1. The second-order valence-corrected chi connectivity index (χ2v) is 4.16. The van der Waals surface area contributed by atoms with Gasteiger partial charge in [-0.05, 0) is 31.0 Å². The first-order chi connectivity index (χ1) is 7.63. The van der Waals surface area contributed by atoms with E-state index in [9.17, 15) is 9.90 Å². The van der Waals surface area contributed by atoms with Crippen LogP contribution in [0.4, 0.5) is 0 Å². The molecule has 1 aromatic carbocycles. The molecule has 0 radical (unpaired) electrons. The van der Waals surface area contributed by atoms with Crippen molar-refractivity contribution in [1.29, 1.82) is 0 Å². The van der Waals surface area contributed by atoms with Crippen molar-refractivity contribution in [1.82, 2.24) is 5.32 Å². The van der Waals surface area contributed by atoms with Crippen molar-refractivity contribution in [2.24, 2.45) is 0 Å². The number of hydrogen-bond donors (Lipinski definition) is 3. The van der Waals surface area contributed by atoms with Gasteiger partial charge in [0.15, 0.2) is 0 Å². The summed E-state index contributed by atoms with van der Waals surface area (Å²) in [5, 5.41) is 22.6. The second kappa shape index (κ2) is 4.23. The van der Waals surface area contributed by atoms with Gasteiger partial charge in [-0.15, -0.1) is 0 Å². The molecule has 0 amide bonds. The molecule has 0 aliphatic carbocycles. The van der Waals surface area contributed by atoms with E-state index in [2.05, 4.69) is 5.32 Å². The Kier molecular flexibility index (Phi) is 2.94. The number of nitrogens with one attached hydrogen (secondary N) is 1. The topological polar surface area (TPSA) is 69.6 Å². The fourth-order valence-electron chi connectivity index (χ4n) is 2.19. The van der Waals surface area contributed by atoms with Crippen molar-refractivity contribution in [2.45, 2.75) is 18.4 Å². The Bertz CT molecular complexity index is 397. The van der Waals surface area contributed by atoms with Gasteiger partial charge in [0.05, 0.1) is 5.56 Å². The third-order valence-electron chi connectivity index (χ3n) is 3.02. The van der Waals surface area contributed by atoms with Crippen LogP contribution in [0.5, 0.6) is 0 Å². The second-order valence-electron chi connectivity index (χ2n) is 4.16.